The molecule has 2 aromatic rings. The van der Waals surface area contributed by atoms with Crippen molar-refractivity contribution in [2.75, 3.05) is 12.0 Å². The number of hydrogen-bond acceptors (Lipinski definition) is 5. The number of rotatable bonds is 3. The molecule has 1 fully saturated rings. The van der Waals surface area contributed by atoms with Gasteiger partial charge in [-0.15, -0.1) is 0 Å². The fourth-order valence-electron chi connectivity index (χ4n) is 2.29. The zero-order chi connectivity index (χ0) is 18.1. The Morgan fingerprint density at radius 1 is 1.36 bits per heavy atom. The molecule has 128 valence electrons. The minimum absolute atomic E-state index is 0.0291. The summed E-state index contributed by atoms with van der Waals surface area (Å²) in [5.41, 5.74) is 0.758. The van der Waals surface area contributed by atoms with Gasteiger partial charge in [0.2, 0.25) is 0 Å². The highest BCUT2D eigenvalue weighted by molar-refractivity contribution is 9.10. The fraction of sp³-hybridized carbons (Fsp3) is 0.0588. The van der Waals surface area contributed by atoms with E-state index in [1.54, 1.807) is 30.3 Å². The number of hydrogen-bond donors (Lipinski definition) is 1. The Kier molecular flexibility index (Phi) is 5.12. The Morgan fingerprint density at radius 3 is 2.76 bits per heavy atom. The van der Waals surface area contributed by atoms with Gasteiger partial charge in [0.25, 0.3) is 5.91 Å². The van der Waals surface area contributed by atoms with Crippen molar-refractivity contribution >= 4 is 61.9 Å². The van der Waals surface area contributed by atoms with Crippen molar-refractivity contribution in [2.24, 2.45) is 0 Å². The summed E-state index contributed by atoms with van der Waals surface area (Å²) >= 11 is 9.56. The van der Waals surface area contributed by atoms with Gasteiger partial charge in [0.15, 0.2) is 15.8 Å². The number of halogens is 2. The number of carbonyl (C=O) groups is 1. The first-order valence-electron chi connectivity index (χ1n) is 7.01. The number of anilines is 1. The van der Waals surface area contributed by atoms with Crippen LogP contribution in [0.2, 0.25) is 0 Å². The van der Waals surface area contributed by atoms with E-state index in [2.05, 4.69) is 15.9 Å². The second kappa shape index (κ2) is 7.15. The smallest absolute Gasteiger partial charge is 0.270 e. The fourth-order valence-corrected chi connectivity index (χ4v) is 4.04. The third kappa shape index (κ3) is 3.42. The van der Waals surface area contributed by atoms with Gasteiger partial charge < -0.3 is 9.84 Å². The number of methoxy groups -OCH3 is 1. The number of phenolic OH excluding ortho intramolecular Hbond substituents is 1. The molecule has 3 rings (SSSR count). The van der Waals surface area contributed by atoms with E-state index in [9.17, 15) is 14.3 Å². The van der Waals surface area contributed by atoms with E-state index in [-0.39, 0.29) is 21.5 Å². The monoisotopic (exact) mass is 439 g/mol. The van der Waals surface area contributed by atoms with Gasteiger partial charge in [0, 0.05) is 0 Å². The van der Waals surface area contributed by atoms with Gasteiger partial charge in [-0.25, -0.2) is 4.39 Å². The number of amides is 1. The van der Waals surface area contributed by atoms with E-state index in [1.165, 1.54) is 24.1 Å². The zero-order valence-corrected chi connectivity index (χ0v) is 16.0. The van der Waals surface area contributed by atoms with Crippen LogP contribution in [-0.4, -0.2) is 22.4 Å². The third-order valence-electron chi connectivity index (χ3n) is 3.46. The normalized spacial score (nSPS) is 16.0. The lowest BCUT2D eigenvalue weighted by Crippen LogP contribution is -2.28. The molecule has 0 aromatic heterocycles. The number of aromatic hydroxyl groups is 1. The predicted molar refractivity (Wildman–Crippen MR) is 104 cm³/mol. The van der Waals surface area contributed by atoms with Crippen LogP contribution < -0.4 is 9.64 Å². The number of thioether (sulfide) groups is 1. The largest absolute Gasteiger partial charge is 0.503 e. The van der Waals surface area contributed by atoms with Crippen LogP contribution in [0.1, 0.15) is 5.56 Å². The van der Waals surface area contributed by atoms with E-state index in [1.807, 2.05) is 0 Å². The lowest BCUT2D eigenvalue weighted by molar-refractivity contribution is -0.113. The van der Waals surface area contributed by atoms with Crippen LogP contribution >= 0.6 is 39.9 Å². The third-order valence-corrected chi connectivity index (χ3v) is 5.36. The van der Waals surface area contributed by atoms with Crippen LogP contribution in [-0.2, 0) is 4.79 Å². The SMILES string of the molecule is COc1cc(/C=C2/SC(=S)N(c3ccccc3F)C2=O)cc(Br)c1O. The van der Waals surface area contributed by atoms with Crippen molar-refractivity contribution in [2.45, 2.75) is 0 Å². The first-order chi connectivity index (χ1) is 11.9. The predicted octanol–water partition coefficient (Wildman–Crippen LogP) is 4.71. The lowest BCUT2D eigenvalue weighted by Gasteiger charge is -2.14. The van der Waals surface area contributed by atoms with E-state index in [0.717, 1.165) is 11.8 Å². The Hall–Kier alpha value is -1.90. The first kappa shape index (κ1) is 17.9. The maximum Gasteiger partial charge on any atom is 0.270 e. The highest BCUT2D eigenvalue weighted by Gasteiger charge is 2.34. The van der Waals surface area contributed by atoms with E-state index in [0.29, 0.717) is 14.9 Å². The summed E-state index contributed by atoms with van der Waals surface area (Å²) < 4.78 is 19.8. The molecular weight excluding hydrogens is 429 g/mol. The number of nitrogens with zero attached hydrogens (tertiary/aromatic N) is 1. The first-order valence-corrected chi connectivity index (χ1v) is 9.03. The Morgan fingerprint density at radius 2 is 2.08 bits per heavy atom. The molecule has 1 saturated heterocycles. The minimum Gasteiger partial charge on any atom is -0.503 e. The molecule has 1 N–H and O–H groups in total. The lowest BCUT2D eigenvalue weighted by atomic mass is 10.2. The van der Waals surface area contributed by atoms with E-state index in [4.69, 9.17) is 17.0 Å². The van der Waals surface area contributed by atoms with Gasteiger partial charge in [-0.05, 0) is 51.8 Å². The van der Waals surface area contributed by atoms with Crippen molar-refractivity contribution < 1.29 is 19.0 Å². The number of carbonyl (C=O) groups excluding carboxylic acids is 1. The van der Waals surface area contributed by atoms with E-state index < -0.39 is 11.7 Å². The number of ether oxygens (including phenoxy) is 1. The molecule has 0 aliphatic carbocycles. The van der Waals surface area contributed by atoms with Crippen LogP contribution in [0.15, 0.2) is 45.8 Å². The van der Waals surface area contributed by atoms with Crippen molar-refractivity contribution in [3.05, 3.63) is 57.2 Å². The molecule has 8 heteroatoms. The summed E-state index contributed by atoms with van der Waals surface area (Å²) in [7, 11) is 1.43. The molecule has 1 amide bonds. The van der Waals surface area contributed by atoms with Gasteiger partial charge in [-0.3, -0.25) is 9.69 Å². The molecule has 1 aliphatic heterocycles. The molecule has 25 heavy (non-hydrogen) atoms. The van der Waals surface area contributed by atoms with Crippen LogP contribution in [0.3, 0.4) is 0 Å². The number of thiocarbonyl (C=S) groups is 1. The van der Waals surface area contributed by atoms with Gasteiger partial charge in [0.1, 0.15) is 5.82 Å². The van der Waals surface area contributed by atoms with Crippen molar-refractivity contribution in [3.8, 4) is 11.5 Å². The Bertz CT molecular complexity index is 917. The summed E-state index contributed by atoms with van der Waals surface area (Å²) in [6.07, 6.45) is 1.62. The second-order valence-electron chi connectivity index (χ2n) is 5.02. The van der Waals surface area contributed by atoms with Crippen molar-refractivity contribution in [1.82, 2.24) is 0 Å². The summed E-state index contributed by atoms with van der Waals surface area (Å²) in [5, 5.41) is 9.86. The van der Waals surface area contributed by atoms with Crippen molar-refractivity contribution in [3.63, 3.8) is 0 Å². The van der Waals surface area contributed by atoms with E-state index >= 15 is 0 Å². The van der Waals surface area contributed by atoms with Crippen molar-refractivity contribution in [1.29, 1.82) is 0 Å². The standard InChI is InChI=1S/C17H11BrFNO3S2/c1-23-13-7-9(6-10(18)15(13)21)8-14-16(22)20(17(24)25-14)12-5-3-2-4-11(12)19/h2-8,21H,1H3/b14-8+. The molecule has 0 radical (unpaired) electrons. The molecule has 4 nitrogen and oxygen atoms in total. The van der Waals surface area contributed by atoms with Gasteiger partial charge in [-0.1, -0.05) is 36.1 Å². The maximum absolute atomic E-state index is 14.0. The van der Waals surface area contributed by atoms with Crippen LogP contribution in [0, 0.1) is 5.82 Å². The molecule has 0 atom stereocenters. The molecule has 1 heterocycles. The van der Waals surface area contributed by atoms with Crippen LogP contribution in [0.25, 0.3) is 6.08 Å². The number of phenols is 1. The molecule has 0 unspecified atom stereocenters. The quantitative estimate of drug-likeness (QED) is 0.554. The molecule has 1 aliphatic rings. The van der Waals surface area contributed by atoms with Gasteiger partial charge in [-0.2, -0.15) is 0 Å². The topological polar surface area (TPSA) is 49.8 Å². The summed E-state index contributed by atoms with van der Waals surface area (Å²) in [4.78, 5) is 14.2. The average Bonchev–Trinajstić information content (AvgIpc) is 2.85. The highest BCUT2D eigenvalue weighted by Crippen LogP contribution is 2.39. The Balaban J connectivity index is 1.99. The zero-order valence-electron chi connectivity index (χ0n) is 12.8. The van der Waals surface area contributed by atoms with Crippen LogP contribution in [0.4, 0.5) is 10.1 Å². The van der Waals surface area contributed by atoms with Gasteiger partial charge in [0.05, 0.1) is 22.2 Å². The summed E-state index contributed by atoms with van der Waals surface area (Å²) in [6.45, 7) is 0. The average molecular weight is 440 g/mol. The van der Waals surface area contributed by atoms with Crippen LogP contribution in [0.5, 0.6) is 11.5 Å². The minimum atomic E-state index is -0.519. The number of para-hydroxylation sites is 1. The molecule has 2 aromatic carbocycles. The number of benzene rings is 2. The summed E-state index contributed by atoms with van der Waals surface area (Å²) in [5.74, 6) is -0.680. The molecule has 0 spiro atoms. The highest BCUT2D eigenvalue weighted by atomic mass is 79.9. The Labute approximate surface area is 161 Å². The molecule has 0 saturated carbocycles. The summed E-state index contributed by atoms with van der Waals surface area (Å²) in [6, 6.07) is 9.21. The molecular formula is C17H11BrFNO3S2. The second-order valence-corrected chi connectivity index (χ2v) is 7.55. The van der Waals surface area contributed by atoms with Gasteiger partial charge >= 0.3 is 0 Å². The molecule has 0 bridgehead atoms. The maximum atomic E-state index is 14.0.